The number of carbonyl (C=O) groups excluding carboxylic acids is 1. The Balaban J connectivity index is 1.78. The average molecular weight is 230 g/mol. The fraction of sp³-hybridized carbons (Fsp3) is 0.500. The topological polar surface area (TPSA) is 41.1 Å². The molecule has 17 heavy (non-hydrogen) atoms. The number of amides is 1. The summed E-state index contributed by atoms with van der Waals surface area (Å²) < 4.78 is 0. The van der Waals surface area contributed by atoms with Gasteiger partial charge in [-0.05, 0) is 49.3 Å². The predicted octanol–water partition coefficient (Wildman–Crippen LogP) is 2.18. The molecular weight excluding hydrogens is 212 g/mol. The number of anilines is 1. The van der Waals surface area contributed by atoms with Crippen molar-refractivity contribution in [3.05, 3.63) is 29.3 Å². The Morgan fingerprint density at radius 1 is 1.41 bits per heavy atom. The highest BCUT2D eigenvalue weighted by atomic mass is 16.1. The van der Waals surface area contributed by atoms with E-state index in [2.05, 4.69) is 16.7 Å². The number of benzene rings is 1. The van der Waals surface area contributed by atoms with Crippen molar-refractivity contribution in [2.75, 3.05) is 18.4 Å². The molecule has 3 rings (SSSR count). The highest BCUT2D eigenvalue weighted by Gasteiger charge is 2.23. The molecule has 1 aliphatic heterocycles. The number of rotatable bonds is 3. The van der Waals surface area contributed by atoms with Gasteiger partial charge in [-0.2, -0.15) is 0 Å². The molecule has 2 N–H and O–H groups in total. The Kier molecular flexibility index (Phi) is 2.75. The van der Waals surface area contributed by atoms with Crippen molar-refractivity contribution in [3.63, 3.8) is 0 Å². The summed E-state index contributed by atoms with van der Waals surface area (Å²) in [6.45, 7) is 1.86. The number of fused-ring (bicyclic) bond motifs is 1. The van der Waals surface area contributed by atoms with Gasteiger partial charge in [0, 0.05) is 24.3 Å². The fourth-order valence-electron chi connectivity index (χ4n) is 2.38. The lowest BCUT2D eigenvalue weighted by Gasteiger charge is -2.20. The first-order chi connectivity index (χ1) is 8.34. The zero-order valence-electron chi connectivity index (χ0n) is 9.96. The van der Waals surface area contributed by atoms with Crippen molar-refractivity contribution in [2.24, 2.45) is 5.92 Å². The Bertz CT molecular complexity index is 438. The number of hydrogen-bond donors (Lipinski definition) is 2. The van der Waals surface area contributed by atoms with Gasteiger partial charge in [-0.1, -0.05) is 6.07 Å². The van der Waals surface area contributed by atoms with Crippen LogP contribution in [0.1, 0.15) is 35.2 Å². The van der Waals surface area contributed by atoms with Crippen LogP contribution in [0.25, 0.3) is 0 Å². The van der Waals surface area contributed by atoms with Crippen LogP contribution in [0.5, 0.6) is 0 Å². The highest BCUT2D eigenvalue weighted by Crippen LogP contribution is 2.28. The van der Waals surface area contributed by atoms with Gasteiger partial charge in [0.2, 0.25) is 0 Å². The molecule has 3 nitrogen and oxygen atoms in total. The third-order valence-electron chi connectivity index (χ3n) is 3.59. The molecule has 0 aromatic heterocycles. The van der Waals surface area contributed by atoms with E-state index in [-0.39, 0.29) is 5.91 Å². The standard InChI is InChI=1S/C14H18N2O/c17-14(16-9-10-6-7-10)12-3-1-5-13-11(12)4-2-8-15-13/h1,3,5,10,15H,2,4,6-9H2,(H,16,17). The molecule has 1 aliphatic carbocycles. The van der Waals surface area contributed by atoms with Gasteiger partial charge in [0.15, 0.2) is 0 Å². The van der Waals surface area contributed by atoms with Crippen LogP contribution in [0.4, 0.5) is 5.69 Å². The zero-order valence-corrected chi connectivity index (χ0v) is 9.96. The van der Waals surface area contributed by atoms with E-state index in [4.69, 9.17) is 0 Å². The average Bonchev–Trinajstić information content (AvgIpc) is 3.19. The van der Waals surface area contributed by atoms with E-state index in [1.807, 2.05) is 12.1 Å². The molecule has 1 saturated carbocycles. The molecule has 0 atom stereocenters. The lowest BCUT2D eigenvalue weighted by atomic mass is 9.97. The van der Waals surface area contributed by atoms with Gasteiger partial charge in [0.25, 0.3) is 5.91 Å². The smallest absolute Gasteiger partial charge is 0.251 e. The Labute approximate surface area is 102 Å². The van der Waals surface area contributed by atoms with Crippen LogP contribution in [0.2, 0.25) is 0 Å². The molecule has 2 aliphatic rings. The number of carbonyl (C=O) groups is 1. The third kappa shape index (κ3) is 2.28. The van der Waals surface area contributed by atoms with Crippen molar-refractivity contribution in [1.82, 2.24) is 5.32 Å². The molecule has 90 valence electrons. The first-order valence-electron chi connectivity index (χ1n) is 6.48. The van der Waals surface area contributed by atoms with Crippen LogP contribution >= 0.6 is 0 Å². The number of nitrogens with one attached hydrogen (secondary N) is 2. The Morgan fingerprint density at radius 3 is 3.12 bits per heavy atom. The normalized spacial score (nSPS) is 18.1. The summed E-state index contributed by atoms with van der Waals surface area (Å²) in [7, 11) is 0. The monoisotopic (exact) mass is 230 g/mol. The quantitative estimate of drug-likeness (QED) is 0.835. The van der Waals surface area contributed by atoms with Crippen LogP contribution in [0.3, 0.4) is 0 Å². The van der Waals surface area contributed by atoms with Gasteiger partial charge in [0.05, 0.1) is 0 Å². The lowest BCUT2D eigenvalue weighted by Crippen LogP contribution is -2.27. The predicted molar refractivity (Wildman–Crippen MR) is 68.3 cm³/mol. The Morgan fingerprint density at radius 2 is 2.29 bits per heavy atom. The molecule has 1 aromatic rings. The molecule has 0 radical (unpaired) electrons. The van der Waals surface area contributed by atoms with Crippen molar-refractivity contribution < 1.29 is 4.79 Å². The van der Waals surface area contributed by atoms with Crippen molar-refractivity contribution in [3.8, 4) is 0 Å². The maximum Gasteiger partial charge on any atom is 0.251 e. The second-order valence-electron chi connectivity index (χ2n) is 5.02. The van der Waals surface area contributed by atoms with Crippen LogP contribution in [0, 0.1) is 5.92 Å². The van der Waals surface area contributed by atoms with Crippen molar-refractivity contribution in [1.29, 1.82) is 0 Å². The maximum atomic E-state index is 12.1. The molecule has 0 spiro atoms. The lowest BCUT2D eigenvalue weighted by molar-refractivity contribution is 0.0951. The first-order valence-corrected chi connectivity index (χ1v) is 6.48. The summed E-state index contributed by atoms with van der Waals surface area (Å²) in [5.41, 5.74) is 3.18. The van der Waals surface area contributed by atoms with E-state index >= 15 is 0 Å². The van der Waals surface area contributed by atoms with Crippen LogP contribution < -0.4 is 10.6 Å². The van der Waals surface area contributed by atoms with Crippen LogP contribution in [0.15, 0.2) is 18.2 Å². The summed E-state index contributed by atoms with van der Waals surface area (Å²) in [6, 6.07) is 5.96. The molecule has 0 saturated heterocycles. The van der Waals surface area contributed by atoms with Gasteiger partial charge in [-0.15, -0.1) is 0 Å². The summed E-state index contributed by atoms with van der Waals surface area (Å²) in [6.07, 6.45) is 4.67. The van der Waals surface area contributed by atoms with Gasteiger partial charge in [-0.3, -0.25) is 4.79 Å². The van der Waals surface area contributed by atoms with E-state index < -0.39 is 0 Å². The molecular formula is C14H18N2O. The molecule has 1 amide bonds. The van der Waals surface area contributed by atoms with Crippen molar-refractivity contribution >= 4 is 11.6 Å². The van der Waals surface area contributed by atoms with Crippen LogP contribution in [-0.2, 0) is 6.42 Å². The third-order valence-corrected chi connectivity index (χ3v) is 3.59. The van der Waals surface area contributed by atoms with Crippen molar-refractivity contribution in [2.45, 2.75) is 25.7 Å². The molecule has 0 bridgehead atoms. The molecule has 0 unspecified atom stereocenters. The Hall–Kier alpha value is -1.51. The second-order valence-corrected chi connectivity index (χ2v) is 5.02. The molecule has 3 heteroatoms. The largest absolute Gasteiger partial charge is 0.385 e. The van der Waals surface area contributed by atoms with E-state index in [1.165, 1.54) is 18.4 Å². The zero-order chi connectivity index (χ0) is 11.7. The minimum absolute atomic E-state index is 0.0949. The minimum atomic E-state index is 0.0949. The van der Waals surface area contributed by atoms with E-state index in [0.717, 1.165) is 43.1 Å². The summed E-state index contributed by atoms with van der Waals surface area (Å²) >= 11 is 0. The SMILES string of the molecule is O=C(NCC1CC1)c1cccc2c1CCCN2. The summed E-state index contributed by atoms with van der Waals surface area (Å²) in [5.74, 6) is 0.828. The minimum Gasteiger partial charge on any atom is -0.385 e. The highest BCUT2D eigenvalue weighted by molar-refractivity contribution is 5.97. The van der Waals surface area contributed by atoms with E-state index in [1.54, 1.807) is 0 Å². The summed E-state index contributed by atoms with van der Waals surface area (Å²) in [5, 5.41) is 6.40. The van der Waals surface area contributed by atoms with E-state index in [0.29, 0.717) is 0 Å². The fourth-order valence-corrected chi connectivity index (χ4v) is 2.38. The second kappa shape index (κ2) is 4.40. The van der Waals surface area contributed by atoms with Gasteiger partial charge >= 0.3 is 0 Å². The summed E-state index contributed by atoms with van der Waals surface area (Å²) in [4.78, 5) is 12.1. The van der Waals surface area contributed by atoms with E-state index in [9.17, 15) is 4.79 Å². The molecule has 1 aromatic carbocycles. The van der Waals surface area contributed by atoms with Gasteiger partial charge in [-0.25, -0.2) is 0 Å². The van der Waals surface area contributed by atoms with Gasteiger partial charge < -0.3 is 10.6 Å². The molecule has 1 fully saturated rings. The maximum absolute atomic E-state index is 12.1. The first kappa shape index (κ1) is 10.6. The molecule has 1 heterocycles. The van der Waals surface area contributed by atoms with Crippen LogP contribution in [-0.4, -0.2) is 19.0 Å². The number of hydrogen-bond acceptors (Lipinski definition) is 2. The van der Waals surface area contributed by atoms with Gasteiger partial charge in [0.1, 0.15) is 0 Å².